The molecule has 1 fully saturated rings. The minimum atomic E-state index is -0.686. The topological polar surface area (TPSA) is 57.4 Å². The maximum absolute atomic E-state index is 5.88. The van der Waals surface area contributed by atoms with Crippen LogP contribution in [-0.2, 0) is 21.5 Å². The summed E-state index contributed by atoms with van der Waals surface area (Å²) in [7, 11) is 0. The van der Waals surface area contributed by atoms with Crippen LogP contribution in [0.3, 0.4) is 0 Å². The number of pyridine rings is 1. The van der Waals surface area contributed by atoms with Crippen LogP contribution in [0.15, 0.2) is 65.4 Å². The van der Waals surface area contributed by atoms with Gasteiger partial charge in [0.25, 0.3) is 0 Å². The molecule has 116 valence electrons. The number of hydrogen-bond donors (Lipinski definition) is 0. The lowest BCUT2D eigenvalue weighted by molar-refractivity contribution is -0.0272. The molecule has 4 rings (SSSR count). The number of ether oxygens (including phenoxy) is 2. The van der Waals surface area contributed by atoms with Gasteiger partial charge in [-0.1, -0.05) is 36.4 Å². The van der Waals surface area contributed by atoms with E-state index < -0.39 is 5.60 Å². The van der Waals surface area contributed by atoms with E-state index in [-0.39, 0.29) is 6.79 Å². The van der Waals surface area contributed by atoms with E-state index in [0.717, 1.165) is 11.3 Å². The molecule has 3 heterocycles. The lowest BCUT2D eigenvalue weighted by Crippen LogP contribution is -2.31. The molecule has 0 radical (unpaired) electrons. The zero-order chi connectivity index (χ0) is 15.5. The van der Waals surface area contributed by atoms with Crippen molar-refractivity contribution in [2.75, 3.05) is 13.4 Å². The van der Waals surface area contributed by atoms with Crippen LogP contribution in [0, 0.1) is 0 Å². The second-order valence-corrected chi connectivity index (χ2v) is 5.52. The summed E-state index contributed by atoms with van der Waals surface area (Å²) in [6.07, 6.45) is 4.00. The third kappa shape index (κ3) is 2.76. The van der Waals surface area contributed by atoms with E-state index in [1.165, 1.54) is 0 Å². The van der Waals surface area contributed by atoms with Gasteiger partial charge in [-0.05, 0) is 17.7 Å². The first-order chi connectivity index (χ1) is 11.4. The fraction of sp³-hybridized carbons (Fsp3) is 0.222. The van der Waals surface area contributed by atoms with Gasteiger partial charge in [-0.2, -0.15) is 0 Å². The summed E-state index contributed by atoms with van der Waals surface area (Å²) in [5, 5.41) is 0. The van der Waals surface area contributed by atoms with Gasteiger partial charge in [-0.15, -0.1) is 0 Å². The minimum Gasteiger partial charge on any atom is -0.445 e. The minimum absolute atomic E-state index is 0.244. The van der Waals surface area contributed by atoms with Crippen molar-refractivity contribution in [3.05, 3.63) is 72.4 Å². The summed E-state index contributed by atoms with van der Waals surface area (Å²) < 4.78 is 17.1. The molecule has 1 saturated heterocycles. The van der Waals surface area contributed by atoms with Crippen LogP contribution in [0.2, 0.25) is 0 Å². The molecular weight excluding hydrogens is 292 g/mol. The Kier molecular flexibility index (Phi) is 3.65. The Morgan fingerprint density at radius 1 is 1.00 bits per heavy atom. The van der Waals surface area contributed by atoms with Crippen molar-refractivity contribution >= 4 is 0 Å². The molecule has 0 spiro atoms. The summed E-state index contributed by atoms with van der Waals surface area (Å²) in [6, 6.07) is 15.8. The van der Waals surface area contributed by atoms with Gasteiger partial charge in [0.2, 0.25) is 5.89 Å². The maximum atomic E-state index is 5.88. The number of oxazole rings is 1. The van der Waals surface area contributed by atoms with Crippen molar-refractivity contribution in [1.82, 2.24) is 9.97 Å². The highest BCUT2D eigenvalue weighted by atomic mass is 16.7. The molecule has 2 aromatic heterocycles. The number of rotatable bonds is 4. The van der Waals surface area contributed by atoms with E-state index >= 15 is 0 Å². The van der Waals surface area contributed by atoms with E-state index in [4.69, 9.17) is 13.9 Å². The van der Waals surface area contributed by atoms with Crippen molar-refractivity contribution in [3.63, 3.8) is 0 Å². The van der Waals surface area contributed by atoms with E-state index in [2.05, 4.69) is 22.1 Å². The average Bonchev–Trinajstić information content (AvgIpc) is 3.27. The molecule has 5 nitrogen and oxygen atoms in total. The fourth-order valence-corrected chi connectivity index (χ4v) is 2.74. The Hall–Kier alpha value is -2.50. The normalized spacial score (nSPS) is 20.7. The number of aromatic nitrogens is 2. The van der Waals surface area contributed by atoms with Gasteiger partial charge < -0.3 is 13.9 Å². The van der Waals surface area contributed by atoms with Crippen LogP contribution in [0.25, 0.3) is 11.4 Å². The van der Waals surface area contributed by atoms with E-state index in [9.17, 15) is 0 Å². The van der Waals surface area contributed by atoms with Crippen molar-refractivity contribution < 1.29 is 13.9 Å². The smallest absolute Gasteiger partial charge is 0.229 e. The summed E-state index contributed by atoms with van der Waals surface area (Å²) in [5.74, 6) is 0.527. The highest BCUT2D eigenvalue weighted by molar-refractivity contribution is 5.52. The third-order valence-electron chi connectivity index (χ3n) is 3.91. The predicted octanol–water partition coefficient (Wildman–Crippen LogP) is 3.18. The molecule has 23 heavy (non-hydrogen) atoms. The largest absolute Gasteiger partial charge is 0.445 e. The van der Waals surface area contributed by atoms with Gasteiger partial charge in [-0.25, -0.2) is 4.98 Å². The van der Waals surface area contributed by atoms with Crippen LogP contribution < -0.4 is 0 Å². The molecular formula is C18H16N2O3. The molecule has 1 aliphatic rings. The molecule has 5 heteroatoms. The molecule has 1 aromatic carbocycles. The molecule has 0 aliphatic carbocycles. The first-order valence-corrected chi connectivity index (χ1v) is 7.49. The van der Waals surface area contributed by atoms with Gasteiger partial charge in [-0.3, -0.25) is 4.98 Å². The molecule has 0 bridgehead atoms. The van der Waals surface area contributed by atoms with Gasteiger partial charge in [0.05, 0.1) is 12.3 Å². The van der Waals surface area contributed by atoms with Gasteiger partial charge in [0.1, 0.15) is 18.8 Å². The molecule has 0 N–H and O–H groups in total. The molecule has 3 aromatic rings. The van der Waals surface area contributed by atoms with Crippen molar-refractivity contribution in [1.29, 1.82) is 0 Å². The first-order valence-electron chi connectivity index (χ1n) is 7.49. The summed E-state index contributed by atoms with van der Waals surface area (Å²) in [4.78, 5) is 8.90. The third-order valence-corrected chi connectivity index (χ3v) is 3.91. The standard InChI is InChI=1S/C18H16N2O3/c1-2-6-14(7-3-1)10-18(12-21-13-23-18)17-20-16(11-22-17)15-8-4-5-9-19-15/h1-9,11H,10,12-13H2. The van der Waals surface area contributed by atoms with Gasteiger partial charge in [0.15, 0.2) is 5.60 Å². The van der Waals surface area contributed by atoms with E-state index in [1.807, 2.05) is 36.4 Å². The zero-order valence-corrected chi connectivity index (χ0v) is 12.5. The monoisotopic (exact) mass is 308 g/mol. The van der Waals surface area contributed by atoms with Crippen LogP contribution in [0.4, 0.5) is 0 Å². The van der Waals surface area contributed by atoms with Crippen LogP contribution >= 0.6 is 0 Å². The SMILES string of the molecule is c1ccc(CC2(c3nc(-c4ccccn4)co3)COCO2)cc1. The molecule has 0 amide bonds. The Balaban J connectivity index is 1.67. The van der Waals surface area contributed by atoms with Crippen molar-refractivity contribution in [3.8, 4) is 11.4 Å². The average molecular weight is 308 g/mol. The van der Waals surface area contributed by atoms with Crippen LogP contribution in [0.5, 0.6) is 0 Å². The lowest BCUT2D eigenvalue weighted by Gasteiger charge is -2.22. The van der Waals surface area contributed by atoms with E-state index in [1.54, 1.807) is 12.5 Å². The van der Waals surface area contributed by atoms with E-state index in [0.29, 0.717) is 24.6 Å². The zero-order valence-electron chi connectivity index (χ0n) is 12.5. The highest BCUT2D eigenvalue weighted by Crippen LogP contribution is 2.35. The van der Waals surface area contributed by atoms with Crippen LogP contribution in [0.1, 0.15) is 11.5 Å². The number of nitrogens with zero attached hydrogens (tertiary/aromatic N) is 2. The second-order valence-electron chi connectivity index (χ2n) is 5.52. The van der Waals surface area contributed by atoms with Gasteiger partial charge >= 0.3 is 0 Å². The predicted molar refractivity (Wildman–Crippen MR) is 83.5 cm³/mol. The summed E-state index contributed by atoms with van der Waals surface area (Å²) in [5.41, 5.74) is 1.93. The molecule has 1 atom stereocenters. The fourth-order valence-electron chi connectivity index (χ4n) is 2.74. The summed E-state index contributed by atoms with van der Waals surface area (Å²) in [6.45, 7) is 0.665. The van der Waals surface area contributed by atoms with Gasteiger partial charge in [0, 0.05) is 12.6 Å². The quantitative estimate of drug-likeness (QED) is 0.741. The summed E-state index contributed by atoms with van der Waals surface area (Å²) >= 11 is 0. The van der Waals surface area contributed by atoms with Crippen molar-refractivity contribution in [2.45, 2.75) is 12.0 Å². The Morgan fingerprint density at radius 2 is 1.87 bits per heavy atom. The van der Waals surface area contributed by atoms with Crippen LogP contribution in [-0.4, -0.2) is 23.4 Å². The number of benzene rings is 1. The Labute approximate surface area is 133 Å². The Bertz CT molecular complexity index is 765. The highest BCUT2D eigenvalue weighted by Gasteiger charge is 2.43. The maximum Gasteiger partial charge on any atom is 0.229 e. The van der Waals surface area contributed by atoms with Crippen molar-refractivity contribution in [2.24, 2.45) is 0 Å². The lowest BCUT2D eigenvalue weighted by atomic mass is 9.95. The molecule has 0 saturated carbocycles. The molecule has 1 unspecified atom stereocenters. The second kappa shape index (κ2) is 5.95. The number of hydrogen-bond acceptors (Lipinski definition) is 5. The molecule has 1 aliphatic heterocycles. The Morgan fingerprint density at radius 3 is 2.61 bits per heavy atom. The first kappa shape index (κ1) is 14.1.